The summed E-state index contributed by atoms with van der Waals surface area (Å²) in [5.74, 6) is 0.302. The molecule has 2 rings (SSSR count). The van der Waals surface area contributed by atoms with Crippen molar-refractivity contribution in [2.75, 3.05) is 19.7 Å². The molecule has 2 atom stereocenters. The van der Waals surface area contributed by atoms with Crippen molar-refractivity contribution in [2.24, 2.45) is 0 Å². The standard InChI is InChI=1S/C12H20BrNO2/c13-10-6-7-14(9-10)12(15)5-4-11-3-1-2-8-16-11/h10-11H,1-9H2. The van der Waals surface area contributed by atoms with Crippen LogP contribution in [0.1, 0.15) is 38.5 Å². The van der Waals surface area contributed by atoms with Gasteiger partial charge < -0.3 is 9.64 Å². The number of rotatable bonds is 3. The lowest BCUT2D eigenvalue weighted by Crippen LogP contribution is -2.30. The lowest BCUT2D eigenvalue weighted by molar-refractivity contribution is -0.131. The molecular weight excluding hydrogens is 270 g/mol. The van der Waals surface area contributed by atoms with Gasteiger partial charge in [-0.15, -0.1) is 0 Å². The average molecular weight is 290 g/mol. The Hall–Kier alpha value is -0.0900. The first-order chi connectivity index (χ1) is 7.75. The van der Waals surface area contributed by atoms with Crippen LogP contribution in [-0.4, -0.2) is 41.4 Å². The van der Waals surface area contributed by atoms with Gasteiger partial charge in [0.25, 0.3) is 0 Å². The minimum atomic E-state index is 0.302. The van der Waals surface area contributed by atoms with Crippen LogP contribution in [0, 0.1) is 0 Å². The molecule has 0 bridgehead atoms. The number of nitrogens with zero attached hydrogens (tertiary/aromatic N) is 1. The molecule has 4 heteroatoms. The SMILES string of the molecule is O=C(CCC1CCCCO1)N1CCC(Br)C1. The van der Waals surface area contributed by atoms with Gasteiger partial charge in [-0.2, -0.15) is 0 Å². The topological polar surface area (TPSA) is 29.5 Å². The number of ether oxygens (including phenoxy) is 1. The van der Waals surface area contributed by atoms with Crippen molar-refractivity contribution in [3.8, 4) is 0 Å². The summed E-state index contributed by atoms with van der Waals surface area (Å²) in [4.78, 5) is 14.4. The highest BCUT2D eigenvalue weighted by atomic mass is 79.9. The van der Waals surface area contributed by atoms with Crippen molar-refractivity contribution in [1.82, 2.24) is 4.90 Å². The molecular formula is C12H20BrNO2. The van der Waals surface area contributed by atoms with Crippen LogP contribution >= 0.6 is 15.9 Å². The first kappa shape index (κ1) is 12.4. The highest BCUT2D eigenvalue weighted by Crippen LogP contribution is 2.20. The third-order valence-electron chi connectivity index (χ3n) is 3.44. The molecule has 2 heterocycles. The summed E-state index contributed by atoms with van der Waals surface area (Å²) in [5.41, 5.74) is 0. The Kier molecular flexibility index (Phi) is 4.65. The van der Waals surface area contributed by atoms with Crippen LogP contribution in [0.2, 0.25) is 0 Å². The van der Waals surface area contributed by atoms with E-state index in [4.69, 9.17) is 4.74 Å². The first-order valence-corrected chi connectivity index (χ1v) is 7.21. The van der Waals surface area contributed by atoms with Gasteiger partial charge in [0, 0.05) is 30.9 Å². The Morgan fingerprint density at radius 1 is 1.38 bits per heavy atom. The van der Waals surface area contributed by atoms with Crippen molar-refractivity contribution >= 4 is 21.8 Å². The van der Waals surface area contributed by atoms with Gasteiger partial charge in [0.2, 0.25) is 5.91 Å². The van der Waals surface area contributed by atoms with Gasteiger partial charge >= 0.3 is 0 Å². The first-order valence-electron chi connectivity index (χ1n) is 6.29. The van der Waals surface area contributed by atoms with Gasteiger partial charge in [0.05, 0.1) is 6.10 Å². The van der Waals surface area contributed by atoms with E-state index < -0.39 is 0 Å². The van der Waals surface area contributed by atoms with Crippen LogP contribution in [0.3, 0.4) is 0 Å². The number of hydrogen-bond acceptors (Lipinski definition) is 2. The largest absolute Gasteiger partial charge is 0.378 e. The van der Waals surface area contributed by atoms with Crippen LogP contribution < -0.4 is 0 Å². The number of amides is 1. The summed E-state index contributed by atoms with van der Waals surface area (Å²) in [7, 11) is 0. The predicted molar refractivity (Wildman–Crippen MR) is 66.7 cm³/mol. The number of alkyl halides is 1. The predicted octanol–water partition coefficient (Wildman–Crippen LogP) is 2.33. The lowest BCUT2D eigenvalue weighted by Gasteiger charge is -2.23. The zero-order chi connectivity index (χ0) is 11.4. The van der Waals surface area contributed by atoms with Crippen LogP contribution in [0.25, 0.3) is 0 Å². The molecule has 0 aliphatic carbocycles. The van der Waals surface area contributed by atoms with Gasteiger partial charge in [-0.05, 0) is 32.1 Å². The number of halogens is 1. The monoisotopic (exact) mass is 289 g/mol. The van der Waals surface area contributed by atoms with Gasteiger partial charge in [0.15, 0.2) is 0 Å². The molecule has 0 N–H and O–H groups in total. The molecule has 0 aromatic carbocycles. The van der Waals surface area contributed by atoms with Crippen molar-refractivity contribution in [3.63, 3.8) is 0 Å². The second-order valence-electron chi connectivity index (χ2n) is 4.75. The molecule has 92 valence electrons. The molecule has 0 aromatic rings. The molecule has 0 radical (unpaired) electrons. The summed E-state index contributed by atoms with van der Waals surface area (Å²) in [5, 5.41) is 0. The fraction of sp³-hybridized carbons (Fsp3) is 0.917. The van der Waals surface area contributed by atoms with E-state index in [2.05, 4.69) is 15.9 Å². The third-order valence-corrected chi connectivity index (χ3v) is 4.19. The highest BCUT2D eigenvalue weighted by Gasteiger charge is 2.25. The van der Waals surface area contributed by atoms with Crippen molar-refractivity contribution in [2.45, 2.75) is 49.5 Å². The number of likely N-dealkylation sites (tertiary alicyclic amines) is 1. The van der Waals surface area contributed by atoms with E-state index in [1.54, 1.807) is 0 Å². The number of hydrogen-bond donors (Lipinski definition) is 0. The maximum Gasteiger partial charge on any atom is 0.222 e. The minimum Gasteiger partial charge on any atom is -0.378 e. The van der Waals surface area contributed by atoms with E-state index in [1.165, 1.54) is 12.8 Å². The summed E-state index contributed by atoms with van der Waals surface area (Å²) < 4.78 is 5.63. The molecule has 0 spiro atoms. The van der Waals surface area contributed by atoms with E-state index in [1.807, 2.05) is 4.90 Å². The molecule has 2 aliphatic heterocycles. The fourth-order valence-electron chi connectivity index (χ4n) is 2.42. The van der Waals surface area contributed by atoms with Gasteiger partial charge in [-0.25, -0.2) is 0 Å². The molecule has 0 saturated carbocycles. The van der Waals surface area contributed by atoms with Crippen LogP contribution in [-0.2, 0) is 9.53 Å². The number of carbonyl (C=O) groups excluding carboxylic acids is 1. The summed E-state index contributed by atoms with van der Waals surface area (Å²) in [6.07, 6.45) is 6.56. The Bertz CT molecular complexity index is 241. The Labute approximate surface area is 106 Å². The second kappa shape index (κ2) is 6.01. The smallest absolute Gasteiger partial charge is 0.222 e. The summed E-state index contributed by atoms with van der Waals surface area (Å²) >= 11 is 3.56. The van der Waals surface area contributed by atoms with E-state index in [0.29, 0.717) is 23.3 Å². The van der Waals surface area contributed by atoms with E-state index in [9.17, 15) is 4.79 Å². The van der Waals surface area contributed by atoms with Crippen LogP contribution in [0.4, 0.5) is 0 Å². The highest BCUT2D eigenvalue weighted by molar-refractivity contribution is 9.09. The molecule has 16 heavy (non-hydrogen) atoms. The van der Waals surface area contributed by atoms with Crippen molar-refractivity contribution in [3.05, 3.63) is 0 Å². The molecule has 0 aromatic heterocycles. The van der Waals surface area contributed by atoms with E-state index in [-0.39, 0.29) is 0 Å². The van der Waals surface area contributed by atoms with E-state index in [0.717, 1.165) is 39.0 Å². The zero-order valence-corrected chi connectivity index (χ0v) is 11.2. The normalized spacial score (nSPS) is 30.7. The second-order valence-corrected chi connectivity index (χ2v) is 6.05. The maximum absolute atomic E-state index is 11.9. The lowest BCUT2D eigenvalue weighted by atomic mass is 10.0. The minimum absolute atomic E-state index is 0.302. The molecule has 2 aliphatic rings. The van der Waals surface area contributed by atoms with Crippen molar-refractivity contribution < 1.29 is 9.53 Å². The molecule has 3 nitrogen and oxygen atoms in total. The third kappa shape index (κ3) is 3.45. The molecule has 2 fully saturated rings. The Morgan fingerprint density at radius 2 is 2.25 bits per heavy atom. The average Bonchev–Trinajstić information content (AvgIpc) is 2.74. The molecule has 2 unspecified atom stereocenters. The van der Waals surface area contributed by atoms with Gasteiger partial charge in [0.1, 0.15) is 0 Å². The quantitative estimate of drug-likeness (QED) is 0.747. The molecule has 1 amide bonds. The zero-order valence-electron chi connectivity index (χ0n) is 9.66. The fourth-order valence-corrected chi connectivity index (χ4v) is 2.98. The van der Waals surface area contributed by atoms with Crippen LogP contribution in [0.15, 0.2) is 0 Å². The maximum atomic E-state index is 11.9. The van der Waals surface area contributed by atoms with Gasteiger partial charge in [-0.3, -0.25) is 4.79 Å². The molecule has 2 saturated heterocycles. The van der Waals surface area contributed by atoms with Crippen LogP contribution in [0.5, 0.6) is 0 Å². The van der Waals surface area contributed by atoms with E-state index >= 15 is 0 Å². The summed E-state index contributed by atoms with van der Waals surface area (Å²) in [6.45, 7) is 2.68. The van der Waals surface area contributed by atoms with Crippen molar-refractivity contribution in [1.29, 1.82) is 0 Å². The Balaban J connectivity index is 1.67. The number of carbonyl (C=O) groups is 1. The summed E-state index contributed by atoms with van der Waals surface area (Å²) in [6, 6.07) is 0. The van der Waals surface area contributed by atoms with Gasteiger partial charge in [-0.1, -0.05) is 15.9 Å². The Morgan fingerprint density at radius 3 is 2.88 bits per heavy atom.